The smallest absolute Gasteiger partial charge is 0.251 e. The van der Waals surface area contributed by atoms with E-state index in [4.69, 9.17) is 0 Å². The van der Waals surface area contributed by atoms with Crippen LogP contribution < -0.4 is 5.32 Å². The van der Waals surface area contributed by atoms with Crippen LogP contribution in [0.15, 0.2) is 54.6 Å². The first-order chi connectivity index (χ1) is 12.5. The van der Waals surface area contributed by atoms with E-state index in [-0.39, 0.29) is 29.5 Å². The number of carbonyl (C=O) groups is 2. The number of nitrogens with one attached hydrogen (secondary N) is 1. The minimum atomic E-state index is -0.217. The lowest BCUT2D eigenvalue weighted by Gasteiger charge is -2.35. The van der Waals surface area contributed by atoms with Gasteiger partial charge in [0.05, 0.1) is 6.04 Å². The van der Waals surface area contributed by atoms with Gasteiger partial charge in [-0.1, -0.05) is 18.2 Å². The number of likely N-dealkylation sites (tertiary alicyclic amines) is 1. The summed E-state index contributed by atoms with van der Waals surface area (Å²) in [5, 5.41) is 12.4. The van der Waals surface area contributed by atoms with Crippen LogP contribution >= 0.6 is 0 Å². The molecular formula is C21H24N2O3. The first kappa shape index (κ1) is 18.1. The summed E-state index contributed by atoms with van der Waals surface area (Å²) in [5.41, 5.74) is 1.28. The molecule has 1 heterocycles. The van der Waals surface area contributed by atoms with Gasteiger partial charge in [-0.2, -0.15) is 0 Å². The topological polar surface area (TPSA) is 69.6 Å². The summed E-state index contributed by atoms with van der Waals surface area (Å²) in [6.07, 6.45) is 1.65. The third-order valence-corrected chi connectivity index (χ3v) is 4.98. The number of carbonyl (C=O) groups excluding carboxylic acids is 2. The van der Waals surface area contributed by atoms with E-state index in [2.05, 4.69) is 10.2 Å². The van der Waals surface area contributed by atoms with Crippen LogP contribution in [-0.2, 0) is 0 Å². The predicted octanol–water partition coefficient (Wildman–Crippen LogP) is 2.86. The van der Waals surface area contributed by atoms with Gasteiger partial charge in [0.25, 0.3) is 5.91 Å². The third kappa shape index (κ3) is 4.29. The van der Waals surface area contributed by atoms with Crippen LogP contribution in [0.25, 0.3) is 0 Å². The molecule has 136 valence electrons. The van der Waals surface area contributed by atoms with Crippen molar-refractivity contribution in [3.05, 3.63) is 65.7 Å². The molecule has 1 fully saturated rings. The van der Waals surface area contributed by atoms with Crippen molar-refractivity contribution in [3.8, 4) is 5.75 Å². The molecule has 2 aromatic rings. The SMILES string of the molecule is CC(C(=O)c1ccc(O)cc1)N1CCC(NC(=O)c2ccccc2)CC1. The van der Waals surface area contributed by atoms with Crippen LogP contribution in [0.1, 0.15) is 40.5 Å². The number of phenolic OH excluding ortho intramolecular Hbond substituents is 1. The van der Waals surface area contributed by atoms with Gasteiger partial charge < -0.3 is 10.4 Å². The number of hydrogen-bond acceptors (Lipinski definition) is 4. The highest BCUT2D eigenvalue weighted by Gasteiger charge is 2.28. The lowest BCUT2D eigenvalue weighted by Crippen LogP contribution is -2.49. The minimum Gasteiger partial charge on any atom is -0.508 e. The molecule has 0 spiro atoms. The van der Waals surface area contributed by atoms with Crippen LogP contribution in [0.3, 0.4) is 0 Å². The van der Waals surface area contributed by atoms with Gasteiger partial charge in [0.15, 0.2) is 5.78 Å². The maximum atomic E-state index is 12.6. The molecule has 1 unspecified atom stereocenters. The number of rotatable bonds is 5. The lowest BCUT2D eigenvalue weighted by molar-refractivity contribution is 0.0762. The summed E-state index contributed by atoms with van der Waals surface area (Å²) in [4.78, 5) is 27.0. The molecule has 3 rings (SSSR count). The number of ketones is 1. The second kappa shape index (κ2) is 8.15. The second-order valence-corrected chi connectivity index (χ2v) is 6.74. The van der Waals surface area contributed by atoms with E-state index in [0.717, 1.165) is 25.9 Å². The number of nitrogens with zero attached hydrogens (tertiary/aromatic N) is 1. The Balaban J connectivity index is 1.52. The molecule has 1 saturated heterocycles. The number of phenols is 1. The average molecular weight is 352 g/mol. The van der Waals surface area contributed by atoms with Gasteiger partial charge in [-0.25, -0.2) is 0 Å². The molecule has 0 aromatic heterocycles. The third-order valence-electron chi connectivity index (χ3n) is 4.98. The van der Waals surface area contributed by atoms with E-state index < -0.39 is 0 Å². The Hall–Kier alpha value is -2.66. The average Bonchev–Trinajstić information content (AvgIpc) is 2.69. The Morgan fingerprint density at radius 2 is 1.62 bits per heavy atom. The maximum Gasteiger partial charge on any atom is 0.251 e. The Labute approximate surface area is 153 Å². The van der Waals surface area contributed by atoms with Crippen molar-refractivity contribution in [1.29, 1.82) is 0 Å². The summed E-state index contributed by atoms with van der Waals surface area (Å²) in [7, 11) is 0. The van der Waals surface area contributed by atoms with Crippen LogP contribution in [0.4, 0.5) is 0 Å². The van der Waals surface area contributed by atoms with Gasteiger partial charge in [0.2, 0.25) is 0 Å². The largest absolute Gasteiger partial charge is 0.508 e. The quantitative estimate of drug-likeness (QED) is 0.812. The van der Waals surface area contributed by atoms with Crippen molar-refractivity contribution in [3.63, 3.8) is 0 Å². The van der Waals surface area contributed by atoms with E-state index in [1.54, 1.807) is 12.1 Å². The van der Waals surface area contributed by atoms with Crippen LogP contribution in [0, 0.1) is 0 Å². The summed E-state index contributed by atoms with van der Waals surface area (Å²) in [6, 6.07) is 15.5. The van der Waals surface area contributed by atoms with Gasteiger partial charge in [0, 0.05) is 30.3 Å². The molecule has 2 N–H and O–H groups in total. The van der Waals surface area contributed by atoms with Gasteiger partial charge >= 0.3 is 0 Å². The summed E-state index contributed by atoms with van der Waals surface area (Å²) in [5.74, 6) is 0.165. The number of Topliss-reactive ketones (excluding diaryl/α,β-unsaturated/α-hetero) is 1. The monoisotopic (exact) mass is 352 g/mol. The number of benzene rings is 2. The molecule has 1 aliphatic heterocycles. The Morgan fingerprint density at radius 3 is 2.23 bits per heavy atom. The summed E-state index contributed by atoms with van der Waals surface area (Å²) < 4.78 is 0. The van der Waals surface area contributed by atoms with E-state index in [1.165, 1.54) is 12.1 Å². The highest BCUT2D eigenvalue weighted by molar-refractivity contribution is 6.00. The molecular weight excluding hydrogens is 328 g/mol. The van der Waals surface area contributed by atoms with Gasteiger partial charge in [0.1, 0.15) is 5.75 Å². The first-order valence-electron chi connectivity index (χ1n) is 8.98. The zero-order valence-corrected chi connectivity index (χ0v) is 14.9. The molecule has 1 amide bonds. The van der Waals surface area contributed by atoms with Crippen molar-refractivity contribution >= 4 is 11.7 Å². The molecule has 0 saturated carbocycles. The molecule has 26 heavy (non-hydrogen) atoms. The zero-order chi connectivity index (χ0) is 18.5. The molecule has 5 nitrogen and oxygen atoms in total. The molecule has 0 aliphatic carbocycles. The number of hydrogen-bond donors (Lipinski definition) is 2. The Kier molecular flexibility index (Phi) is 5.68. The number of aromatic hydroxyl groups is 1. The maximum absolute atomic E-state index is 12.6. The number of amides is 1. The van der Waals surface area contributed by atoms with Crippen LogP contribution in [-0.4, -0.2) is 46.9 Å². The fourth-order valence-corrected chi connectivity index (χ4v) is 3.32. The highest BCUT2D eigenvalue weighted by atomic mass is 16.3. The summed E-state index contributed by atoms with van der Waals surface area (Å²) >= 11 is 0. The molecule has 1 atom stereocenters. The van der Waals surface area contributed by atoms with Crippen LogP contribution in [0.5, 0.6) is 5.75 Å². The highest BCUT2D eigenvalue weighted by Crippen LogP contribution is 2.18. The van der Waals surface area contributed by atoms with Crippen molar-refractivity contribution in [2.75, 3.05) is 13.1 Å². The Bertz CT molecular complexity index is 751. The van der Waals surface area contributed by atoms with Crippen LogP contribution in [0.2, 0.25) is 0 Å². The number of piperidine rings is 1. The molecule has 0 radical (unpaired) electrons. The van der Waals surface area contributed by atoms with E-state index in [9.17, 15) is 14.7 Å². The van der Waals surface area contributed by atoms with E-state index in [0.29, 0.717) is 11.1 Å². The van der Waals surface area contributed by atoms with Crippen molar-refractivity contribution in [1.82, 2.24) is 10.2 Å². The van der Waals surface area contributed by atoms with E-state index in [1.807, 2.05) is 37.3 Å². The molecule has 5 heteroatoms. The fraction of sp³-hybridized carbons (Fsp3) is 0.333. The summed E-state index contributed by atoms with van der Waals surface area (Å²) in [6.45, 7) is 3.45. The second-order valence-electron chi connectivity index (χ2n) is 6.74. The van der Waals surface area contributed by atoms with Crippen molar-refractivity contribution < 1.29 is 14.7 Å². The standard InChI is InChI=1S/C21H24N2O3/c1-15(20(25)16-7-9-19(24)10-8-16)23-13-11-18(12-14-23)22-21(26)17-5-3-2-4-6-17/h2-10,15,18,24H,11-14H2,1H3,(H,22,26). The molecule has 1 aliphatic rings. The Morgan fingerprint density at radius 1 is 1.00 bits per heavy atom. The van der Waals surface area contributed by atoms with E-state index >= 15 is 0 Å². The molecule has 2 aromatic carbocycles. The zero-order valence-electron chi connectivity index (χ0n) is 14.9. The first-order valence-corrected chi connectivity index (χ1v) is 8.98. The fourth-order valence-electron chi connectivity index (χ4n) is 3.32. The normalized spacial score (nSPS) is 16.8. The lowest BCUT2D eigenvalue weighted by atomic mass is 9.99. The van der Waals surface area contributed by atoms with Gasteiger partial charge in [-0.15, -0.1) is 0 Å². The van der Waals surface area contributed by atoms with Crippen molar-refractivity contribution in [2.45, 2.75) is 31.8 Å². The van der Waals surface area contributed by atoms with Crippen molar-refractivity contribution in [2.24, 2.45) is 0 Å². The molecule has 0 bridgehead atoms. The minimum absolute atomic E-state index is 0.0442. The van der Waals surface area contributed by atoms with Gasteiger partial charge in [-0.05, 0) is 56.2 Å². The predicted molar refractivity (Wildman–Crippen MR) is 100 cm³/mol. The van der Waals surface area contributed by atoms with Gasteiger partial charge in [-0.3, -0.25) is 14.5 Å².